The Labute approximate surface area is 83.0 Å². The van der Waals surface area contributed by atoms with Gasteiger partial charge in [-0.25, -0.2) is 4.98 Å². The summed E-state index contributed by atoms with van der Waals surface area (Å²) in [4.78, 5) is 3.20. The van der Waals surface area contributed by atoms with Gasteiger partial charge in [0, 0.05) is 10.8 Å². The second-order valence-corrected chi connectivity index (χ2v) is 3.04. The lowest BCUT2D eigenvalue weighted by Crippen LogP contribution is -2.08. The van der Waals surface area contributed by atoms with E-state index < -0.39 is 11.9 Å². The van der Waals surface area contributed by atoms with Crippen LogP contribution in [0.5, 0.6) is 5.75 Å². The Hall–Kier alpha value is -1.78. The van der Waals surface area contributed by atoms with Gasteiger partial charge in [0.15, 0.2) is 5.69 Å². The minimum Gasteiger partial charge on any atom is -0.506 e. The number of aromatic hydroxyl groups is 1. The number of rotatable bonds is 0. The van der Waals surface area contributed by atoms with Crippen LogP contribution in [0.25, 0.3) is 10.8 Å². The summed E-state index contributed by atoms with van der Waals surface area (Å²) < 4.78 is 37.5. The first-order valence-electron chi connectivity index (χ1n) is 4.14. The largest absolute Gasteiger partial charge is 0.506 e. The molecule has 0 fully saturated rings. The van der Waals surface area contributed by atoms with E-state index >= 15 is 0 Å². The fraction of sp³-hybridized carbons (Fsp3) is 0.100. The van der Waals surface area contributed by atoms with Crippen LogP contribution < -0.4 is 0 Å². The van der Waals surface area contributed by atoms with Crippen LogP contribution in [0.4, 0.5) is 13.2 Å². The van der Waals surface area contributed by atoms with Crippen molar-refractivity contribution in [1.29, 1.82) is 0 Å². The molecule has 0 spiro atoms. The van der Waals surface area contributed by atoms with Crippen LogP contribution in [0.1, 0.15) is 5.69 Å². The van der Waals surface area contributed by atoms with Crippen molar-refractivity contribution in [3.63, 3.8) is 0 Å². The number of hydrogen-bond acceptors (Lipinski definition) is 2. The number of pyridine rings is 1. The lowest BCUT2D eigenvalue weighted by atomic mass is 10.1. The maximum Gasteiger partial charge on any atom is 0.433 e. The Kier molecular flexibility index (Phi) is 2.03. The molecule has 0 bridgehead atoms. The van der Waals surface area contributed by atoms with Crippen molar-refractivity contribution in [2.24, 2.45) is 0 Å². The highest BCUT2D eigenvalue weighted by atomic mass is 19.4. The van der Waals surface area contributed by atoms with E-state index in [-0.39, 0.29) is 16.5 Å². The average molecular weight is 213 g/mol. The lowest BCUT2D eigenvalue weighted by molar-refractivity contribution is -0.139. The van der Waals surface area contributed by atoms with Crippen LogP contribution in [-0.4, -0.2) is 10.1 Å². The average Bonchev–Trinajstić information content (AvgIpc) is 2.17. The van der Waals surface area contributed by atoms with Gasteiger partial charge in [-0.15, -0.1) is 0 Å². The molecule has 0 saturated heterocycles. The van der Waals surface area contributed by atoms with Crippen LogP contribution in [0.3, 0.4) is 0 Å². The van der Waals surface area contributed by atoms with Crippen molar-refractivity contribution in [2.75, 3.05) is 0 Å². The highest BCUT2D eigenvalue weighted by molar-refractivity contribution is 5.89. The third kappa shape index (κ3) is 1.60. The molecule has 0 aliphatic heterocycles. The SMILES string of the molecule is Oc1cnc(C(F)(F)F)c2ccccc12. The topological polar surface area (TPSA) is 33.1 Å². The summed E-state index contributed by atoms with van der Waals surface area (Å²) in [5, 5.41) is 9.39. The maximum atomic E-state index is 12.5. The normalized spacial score (nSPS) is 11.9. The number of hydrogen-bond donors (Lipinski definition) is 1. The molecule has 2 rings (SSSR count). The third-order valence-corrected chi connectivity index (χ3v) is 2.04. The molecule has 5 heteroatoms. The molecule has 2 aromatic rings. The van der Waals surface area contributed by atoms with Crippen molar-refractivity contribution >= 4 is 10.8 Å². The van der Waals surface area contributed by atoms with Crippen molar-refractivity contribution in [2.45, 2.75) is 6.18 Å². The zero-order chi connectivity index (χ0) is 11.1. The van der Waals surface area contributed by atoms with Gasteiger partial charge in [0.1, 0.15) is 5.75 Å². The first-order chi connectivity index (χ1) is 7.00. The summed E-state index contributed by atoms with van der Waals surface area (Å²) in [6.45, 7) is 0. The zero-order valence-electron chi connectivity index (χ0n) is 7.42. The molecule has 0 aliphatic carbocycles. The van der Waals surface area contributed by atoms with Crippen LogP contribution in [0.15, 0.2) is 30.5 Å². The lowest BCUT2D eigenvalue weighted by Gasteiger charge is -2.09. The number of fused-ring (bicyclic) bond motifs is 1. The van der Waals surface area contributed by atoms with Gasteiger partial charge in [-0.2, -0.15) is 13.2 Å². The molecule has 2 nitrogen and oxygen atoms in total. The first-order valence-corrected chi connectivity index (χ1v) is 4.14. The molecular formula is C10H6F3NO. The van der Waals surface area contributed by atoms with E-state index in [4.69, 9.17) is 0 Å². The molecule has 1 heterocycles. The number of alkyl halides is 3. The molecule has 0 unspecified atom stereocenters. The van der Waals surface area contributed by atoms with E-state index in [2.05, 4.69) is 4.98 Å². The highest BCUT2D eigenvalue weighted by Gasteiger charge is 2.34. The molecule has 0 atom stereocenters. The second-order valence-electron chi connectivity index (χ2n) is 3.04. The van der Waals surface area contributed by atoms with Crippen LogP contribution in [-0.2, 0) is 6.18 Å². The Morgan fingerprint density at radius 1 is 1.07 bits per heavy atom. The molecule has 15 heavy (non-hydrogen) atoms. The zero-order valence-corrected chi connectivity index (χ0v) is 7.42. The van der Waals surface area contributed by atoms with Gasteiger partial charge in [-0.3, -0.25) is 0 Å². The molecule has 0 aliphatic rings. The smallest absolute Gasteiger partial charge is 0.433 e. The number of halogens is 3. The van der Waals surface area contributed by atoms with E-state index in [1.165, 1.54) is 18.2 Å². The molecule has 78 valence electrons. The molecule has 1 N–H and O–H groups in total. The summed E-state index contributed by atoms with van der Waals surface area (Å²) in [6, 6.07) is 5.73. The number of nitrogens with zero attached hydrogens (tertiary/aromatic N) is 1. The second kappa shape index (κ2) is 3.12. The van der Waals surface area contributed by atoms with E-state index in [1.807, 2.05) is 0 Å². The Bertz CT molecular complexity index is 507. The number of benzene rings is 1. The van der Waals surface area contributed by atoms with Gasteiger partial charge < -0.3 is 5.11 Å². The van der Waals surface area contributed by atoms with Gasteiger partial charge in [0.2, 0.25) is 0 Å². The quantitative estimate of drug-likeness (QED) is 0.729. The standard InChI is InChI=1S/C10H6F3NO/c11-10(12,13)9-7-4-2-1-3-6(7)8(15)5-14-9/h1-5,15H. The Morgan fingerprint density at radius 2 is 1.67 bits per heavy atom. The first kappa shape index (κ1) is 9.76. The van der Waals surface area contributed by atoms with E-state index in [0.29, 0.717) is 0 Å². The number of aromatic nitrogens is 1. The molecular weight excluding hydrogens is 207 g/mol. The van der Waals surface area contributed by atoms with Gasteiger partial charge in [-0.05, 0) is 0 Å². The van der Waals surface area contributed by atoms with Gasteiger partial charge >= 0.3 is 6.18 Å². The predicted molar refractivity (Wildman–Crippen MR) is 48.4 cm³/mol. The van der Waals surface area contributed by atoms with Crippen LogP contribution in [0, 0.1) is 0 Å². The van der Waals surface area contributed by atoms with Crippen molar-refractivity contribution < 1.29 is 18.3 Å². The molecule has 0 amide bonds. The van der Waals surface area contributed by atoms with Crippen molar-refractivity contribution in [3.8, 4) is 5.75 Å². The molecule has 1 aromatic heterocycles. The summed E-state index contributed by atoms with van der Waals surface area (Å²) in [7, 11) is 0. The predicted octanol–water partition coefficient (Wildman–Crippen LogP) is 2.96. The van der Waals surface area contributed by atoms with E-state index in [0.717, 1.165) is 6.20 Å². The fourth-order valence-electron chi connectivity index (χ4n) is 1.40. The summed E-state index contributed by atoms with van der Waals surface area (Å²) in [5.41, 5.74) is -0.976. The van der Waals surface area contributed by atoms with E-state index in [9.17, 15) is 18.3 Å². The van der Waals surface area contributed by atoms with Crippen molar-refractivity contribution in [1.82, 2.24) is 4.98 Å². The van der Waals surface area contributed by atoms with Gasteiger partial charge in [0.05, 0.1) is 6.20 Å². The van der Waals surface area contributed by atoms with Crippen LogP contribution >= 0.6 is 0 Å². The maximum absolute atomic E-state index is 12.5. The van der Waals surface area contributed by atoms with E-state index in [1.54, 1.807) is 6.07 Å². The fourth-order valence-corrected chi connectivity index (χ4v) is 1.40. The summed E-state index contributed by atoms with van der Waals surface area (Å²) >= 11 is 0. The third-order valence-electron chi connectivity index (χ3n) is 2.04. The Balaban J connectivity index is 2.84. The van der Waals surface area contributed by atoms with Crippen LogP contribution in [0.2, 0.25) is 0 Å². The minimum absolute atomic E-state index is 0.0926. The van der Waals surface area contributed by atoms with Gasteiger partial charge in [0.25, 0.3) is 0 Å². The minimum atomic E-state index is -4.51. The van der Waals surface area contributed by atoms with Gasteiger partial charge in [-0.1, -0.05) is 24.3 Å². The molecule has 1 aromatic carbocycles. The Morgan fingerprint density at radius 3 is 2.27 bits per heavy atom. The molecule has 0 radical (unpaired) electrons. The molecule has 0 saturated carbocycles. The highest BCUT2D eigenvalue weighted by Crippen LogP contribution is 2.35. The summed E-state index contributed by atoms with van der Waals surface area (Å²) in [5.74, 6) is -0.251. The summed E-state index contributed by atoms with van der Waals surface area (Å²) in [6.07, 6.45) is -3.70. The van der Waals surface area contributed by atoms with Crippen molar-refractivity contribution in [3.05, 3.63) is 36.2 Å². The monoisotopic (exact) mass is 213 g/mol.